The van der Waals surface area contributed by atoms with Crippen LogP contribution in [0.2, 0.25) is 0 Å². The van der Waals surface area contributed by atoms with Crippen LogP contribution in [-0.2, 0) is 0 Å². The van der Waals surface area contributed by atoms with Gasteiger partial charge in [0.05, 0.1) is 0 Å². The zero-order valence-corrected chi connectivity index (χ0v) is 10.2. The second-order valence-electron chi connectivity index (χ2n) is 4.60. The SMILES string of the molecule is O=C(O)N1CC=C(c2c[nH]c3cc(F)ccc23)CC1. The molecule has 1 aliphatic heterocycles. The highest BCUT2D eigenvalue weighted by Crippen LogP contribution is 2.29. The highest BCUT2D eigenvalue weighted by molar-refractivity contribution is 5.93. The molecule has 2 aromatic rings. The van der Waals surface area contributed by atoms with E-state index in [0.717, 1.165) is 22.0 Å². The van der Waals surface area contributed by atoms with Crippen molar-refractivity contribution in [3.05, 3.63) is 41.9 Å². The van der Waals surface area contributed by atoms with E-state index in [1.807, 2.05) is 12.3 Å². The van der Waals surface area contributed by atoms with Crippen LogP contribution in [0.25, 0.3) is 16.5 Å². The zero-order valence-electron chi connectivity index (χ0n) is 10.2. The third-order valence-corrected chi connectivity index (χ3v) is 3.47. The molecule has 19 heavy (non-hydrogen) atoms. The Bertz CT molecular complexity index is 675. The first-order valence-electron chi connectivity index (χ1n) is 6.09. The van der Waals surface area contributed by atoms with Crippen LogP contribution in [0.4, 0.5) is 9.18 Å². The van der Waals surface area contributed by atoms with Crippen LogP contribution in [-0.4, -0.2) is 34.2 Å². The Morgan fingerprint density at radius 1 is 1.42 bits per heavy atom. The van der Waals surface area contributed by atoms with Crippen LogP contribution in [0, 0.1) is 5.82 Å². The molecule has 4 nitrogen and oxygen atoms in total. The van der Waals surface area contributed by atoms with Crippen LogP contribution in [0.1, 0.15) is 12.0 Å². The van der Waals surface area contributed by atoms with Crippen molar-refractivity contribution < 1.29 is 14.3 Å². The van der Waals surface area contributed by atoms with Crippen LogP contribution < -0.4 is 0 Å². The summed E-state index contributed by atoms with van der Waals surface area (Å²) in [5.74, 6) is -0.268. The first-order valence-corrected chi connectivity index (χ1v) is 6.09. The number of aromatic nitrogens is 1. The Morgan fingerprint density at radius 3 is 2.95 bits per heavy atom. The molecule has 0 aliphatic carbocycles. The molecule has 0 atom stereocenters. The van der Waals surface area contributed by atoms with Gasteiger partial charge in [-0.25, -0.2) is 9.18 Å². The molecular weight excluding hydrogens is 247 g/mol. The summed E-state index contributed by atoms with van der Waals surface area (Å²) in [6, 6.07) is 4.65. The summed E-state index contributed by atoms with van der Waals surface area (Å²) >= 11 is 0. The number of carbonyl (C=O) groups is 1. The molecule has 0 saturated carbocycles. The van der Waals surface area contributed by atoms with Crippen molar-refractivity contribution in [2.24, 2.45) is 0 Å². The number of nitrogens with one attached hydrogen (secondary N) is 1. The molecule has 0 unspecified atom stereocenters. The van der Waals surface area contributed by atoms with E-state index >= 15 is 0 Å². The molecule has 0 spiro atoms. The summed E-state index contributed by atoms with van der Waals surface area (Å²) in [5, 5.41) is 9.88. The average Bonchev–Trinajstić information content (AvgIpc) is 2.81. The molecule has 0 bridgehead atoms. The van der Waals surface area contributed by atoms with Crippen molar-refractivity contribution >= 4 is 22.6 Å². The molecule has 2 heterocycles. The molecule has 0 radical (unpaired) electrons. The van der Waals surface area contributed by atoms with Crippen molar-refractivity contribution in [1.82, 2.24) is 9.88 Å². The fourth-order valence-corrected chi connectivity index (χ4v) is 2.45. The van der Waals surface area contributed by atoms with Crippen LogP contribution in [0.15, 0.2) is 30.5 Å². The number of hydrogen-bond donors (Lipinski definition) is 2. The van der Waals surface area contributed by atoms with Gasteiger partial charge in [-0.05, 0) is 30.2 Å². The monoisotopic (exact) mass is 260 g/mol. The molecule has 1 aromatic carbocycles. The van der Waals surface area contributed by atoms with Crippen molar-refractivity contribution in [2.45, 2.75) is 6.42 Å². The Balaban J connectivity index is 1.95. The van der Waals surface area contributed by atoms with Gasteiger partial charge in [-0.3, -0.25) is 0 Å². The van der Waals surface area contributed by atoms with Gasteiger partial charge in [0.1, 0.15) is 5.82 Å². The average molecular weight is 260 g/mol. The Labute approximate surface area is 109 Å². The van der Waals surface area contributed by atoms with E-state index in [4.69, 9.17) is 5.11 Å². The van der Waals surface area contributed by atoms with Gasteiger partial charge in [0, 0.05) is 35.8 Å². The largest absolute Gasteiger partial charge is 0.465 e. The first kappa shape index (κ1) is 11.8. The maximum Gasteiger partial charge on any atom is 0.407 e. The fraction of sp³-hybridized carbons (Fsp3) is 0.214. The van der Waals surface area contributed by atoms with Gasteiger partial charge in [0.15, 0.2) is 0 Å². The summed E-state index contributed by atoms with van der Waals surface area (Å²) in [4.78, 5) is 15.3. The van der Waals surface area contributed by atoms with Crippen LogP contribution in [0.3, 0.4) is 0 Å². The van der Waals surface area contributed by atoms with E-state index in [1.54, 1.807) is 6.07 Å². The van der Waals surface area contributed by atoms with Crippen molar-refractivity contribution in [3.63, 3.8) is 0 Å². The lowest BCUT2D eigenvalue weighted by molar-refractivity contribution is 0.150. The van der Waals surface area contributed by atoms with Gasteiger partial charge >= 0.3 is 6.09 Å². The summed E-state index contributed by atoms with van der Waals surface area (Å²) in [5.41, 5.74) is 2.90. The molecule has 3 rings (SSSR count). The molecule has 1 amide bonds. The van der Waals surface area contributed by atoms with Gasteiger partial charge in [-0.2, -0.15) is 0 Å². The number of aromatic amines is 1. The minimum absolute atomic E-state index is 0.268. The van der Waals surface area contributed by atoms with E-state index in [1.165, 1.54) is 17.0 Å². The number of H-pyrrole nitrogens is 1. The Hall–Kier alpha value is -2.30. The first-order chi connectivity index (χ1) is 9.15. The van der Waals surface area contributed by atoms with Gasteiger partial charge in [0.2, 0.25) is 0 Å². The normalized spacial score (nSPS) is 15.6. The predicted octanol–water partition coefficient (Wildman–Crippen LogP) is 3.07. The molecule has 98 valence electrons. The zero-order chi connectivity index (χ0) is 13.4. The number of rotatable bonds is 1. The number of hydrogen-bond acceptors (Lipinski definition) is 1. The molecule has 0 saturated heterocycles. The topological polar surface area (TPSA) is 56.3 Å². The van der Waals surface area contributed by atoms with E-state index in [-0.39, 0.29) is 5.82 Å². The second kappa shape index (κ2) is 4.42. The highest BCUT2D eigenvalue weighted by atomic mass is 19.1. The van der Waals surface area contributed by atoms with E-state index in [0.29, 0.717) is 19.5 Å². The molecule has 1 aliphatic rings. The Morgan fingerprint density at radius 2 is 2.26 bits per heavy atom. The third-order valence-electron chi connectivity index (χ3n) is 3.47. The van der Waals surface area contributed by atoms with E-state index < -0.39 is 6.09 Å². The van der Waals surface area contributed by atoms with E-state index in [2.05, 4.69) is 4.98 Å². The van der Waals surface area contributed by atoms with Crippen LogP contribution >= 0.6 is 0 Å². The van der Waals surface area contributed by atoms with Gasteiger partial charge in [0.25, 0.3) is 0 Å². The maximum absolute atomic E-state index is 13.1. The molecule has 2 N–H and O–H groups in total. The van der Waals surface area contributed by atoms with Crippen LogP contribution in [0.5, 0.6) is 0 Å². The van der Waals surface area contributed by atoms with Crippen molar-refractivity contribution in [3.8, 4) is 0 Å². The number of nitrogens with zero attached hydrogens (tertiary/aromatic N) is 1. The predicted molar refractivity (Wildman–Crippen MR) is 70.4 cm³/mol. The molecular formula is C14H13FN2O2. The van der Waals surface area contributed by atoms with Gasteiger partial charge in [-0.1, -0.05) is 6.08 Å². The van der Waals surface area contributed by atoms with Gasteiger partial charge in [-0.15, -0.1) is 0 Å². The summed E-state index contributed by atoms with van der Waals surface area (Å²) in [6.45, 7) is 0.896. The standard InChI is InChI=1S/C14H13FN2O2/c15-10-1-2-11-12(8-16-13(11)7-10)9-3-5-17(6-4-9)14(18)19/h1-3,7-8,16H,4-6H2,(H,18,19). The lowest BCUT2D eigenvalue weighted by atomic mass is 9.99. The fourth-order valence-electron chi connectivity index (χ4n) is 2.45. The molecule has 0 fully saturated rings. The number of fused-ring (bicyclic) bond motifs is 1. The lowest BCUT2D eigenvalue weighted by Gasteiger charge is -2.23. The second-order valence-corrected chi connectivity index (χ2v) is 4.60. The molecule has 5 heteroatoms. The quantitative estimate of drug-likeness (QED) is 0.827. The summed E-state index contributed by atoms with van der Waals surface area (Å²) in [7, 11) is 0. The maximum atomic E-state index is 13.1. The summed E-state index contributed by atoms with van der Waals surface area (Å²) in [6.07, 6.45) is 3.56. The number of carboxylic acid groups (broad SMARTS) is 1. The highest BCUT2D eigenvalue weighted by Gasteiger charge is 2.18. The van der Waals surface area contributed by atoms with Crippen molar-refractivity contribution in [2.75, 3.05) is 13.1 Å². The van der Waals surface area contributed by atoms with Crippen molar-refractivity contribution in [1.29, 1.82) is 0 Å². The minimum atomic E-state index is -0.892. The smallest absolute Gasteiger partial charge is 0.407 e. The number of benzene rings is 1. The van der Waals surface area contributed by atoms with E-state index in [9.17, 15) is 9.18 Å². The number of halogens is 1. The Kier molecular flexibility index (Phi) is 2.74. The molecule has 1 aromatic heterocycles. The third kappa shape index (κ3) is 2.07. The lowest BCUT2D eigenvalue weighted by Crippen LogP contribution is -2.33. The van der Waals surface area contributed by atoms with Gasteiger partial charge < -0.3 is 15.0 Å². The summed E-state index contributed by atoms with van der Waals surface area (Å²) < 4.78 is 13.1. The minimum Gasteiger partial charge on any atom is -0.465 e. The number of amides is 1.